The van der Waals surface area contributed by atoms with Crippen LogP contribution >= 0.6 is 0 Å². The van der Waals surface area contributed by atoms with Gasteiger partial charge >= 0.3 is 6.03 Å². The molecule has 0 radical (unpaired) electrons. The summed E-state index contributed by atoms with van der Waals surface area (Å²) in [6.45, 7) is 4.11. The van der Waals surface area contributed by atoms with Crippen molar-refractivity contribution in [1.82, 2.24) is 15.3 Å². The summed E-state index contributed by atoms with van der Waals surface area (Å²) in [5.41, 5.74) is 0.260. The molecule has 0 aliphatic heterocycles. The molecule has 3 aromatic rings. The number of methoxy groups -OCH3 is 1. The Morgan fingerprint density at radius 2 is 1.82 bits per heavy atom. The molecule has 34 heavy (non-hydrogen) atoms. The molecule has 2 amide bonds. The van der Waals surface area contributed by atoms with Crippen LogP contribution in [-0.2, 0) is 4.74 Å². The maximum absolute atomic E-state index is 14.9. The average molecular weight is 474 g/mol. The molecule has 0 bridgehead atoms. The number of nitrogens with one attached hydrogen (secondary N) is 3. The highest BCUT2D eigenvalue weighted by Crippen LogP contribution is 2.29. The summed E-state index contributed by atoms with van der Waals surface area (Å²) in [7, 11) is 1.61. The topological polar surface area (TPSA) is 97.4 Å². The van der Waals surface area contributed by atoms with Gasteiger partial charge < -0.3 is 25.4 Å². The number of hydrogen-bond donors (Lipinski definition) is 3. The fraction of sp³-hybridized carbons (Fsp3) is 0.375. The Balaban J connectivity index is 1.64. The number of rotatable bonds is 11. The van der Waals surface area contributed by atoms with Gasteiger partial charge in [-0.1, -0.05) is 0 Å². The van der Waals surface area contributed by atoms with E-state index < -0.39 is 17.5 Å². The van der Waals surface area contributed by atoms with Gasteiger partial charge in [-0.3, -0.25) is 0 Å². The van der Waals surface area contributed by atoms with Crippen LogP contribution in [0.4, 0.5) is 30.8 Å². The molecule has 1 aromatic heterocycles. The number of urea groups is 1. The zero-order chi connectivity index (χ0) is 24.6. The van der Waals surface area contributed by atoms with Crippen molar-refractivity contribution in [3.8, 4) is 5.75 Å². The lowest BCUT2D eigenvalue weighted by atomic mass is 10.1. The average Bonchev–Trinajstić information content (AvgIpc) is 2.77. The van der Waals surface area contributed by atoms with Crippen molar-refractivity contribution in [2.24, 2.45) is 0 Å². The number of carbonyl (C=O) groups excluding carboxylic acids is 1. The van der Waals surface area contributed by atoms with Crippen LogP contribution in [0.5, 0.6) is 5.75 Å². The Labute approximate surface area is 197 Å². The van der Waals surface area contributed by atoms with Crippen LogP contribution in [0.3, 0.4) is 0 Å². The molecule has 2 aromatic carbocycles. The number of fused-ring (bicyclic) bond motifs is 1. The lowest BCUT2D eigenvalue weighted by Crippen LogP contribution is -2.32. The van der Waals surface area contributed by atoms with Gasteiger partial charge in [0.2, 0.25) is 0 Å². The summed E-state index contributed by atoms with van der Waals surface area (Å²) in [6.07, 6.45) is 2.25. The van der Waals surface area contributed by atoms with Gasteiger partial charge in [-0.2, -0.15) is 0 Å². The molecule has 0 saturated carbocycles. The molecule has 8 nitrogen and oxygen atoms in total. The van der Waals surface area contributed by atoms with Crippen LogP contribution in [0.2, 0.25) is 0 Å². The van der Waals surface area contributed by atoms with Crippen LogP contribution in [-0.4, -0.2) is 48.5 Å². The van der Waals surface area contributed by atoms with Crippen LogP contribution < -0.4 is 20.7 Å². The van der Waals surface area contributed by atoms with Crippen molar-refractivity contribution in [2.45, 2.75) is 32.4 Å². The van der Waals surface area contributed by atoms with E-state index in [9.17, 15) is 13.6 Å². The number of ether oxygens (including phenoxy) is 2. The lowest BCUT2D eigenvalue weighted by Gasteiger charge is -2.14. The second-order valence-corrected chi connectivity index (χ2v) is 8.27. The highest BCUT2D eigenvalue weighted by molar-refractivity contribution is 5.92. The molecule has 3 rings (SSSR count). The first-order valence-corrected chi connectivity index (χ1v) is 10.9. The number of alkyl halides is 1. The molecular weight excluding hydrogens is 444 g/mol. The van der Waals surface area contributed by atoms with E-state index in [0.29, 0.717) is 48.1 Å². The molecule has 0 aliphatic rings. The third kappa shape index (κ3) is 7.51. The van der Waals surface area contributed by atoms with Crippen molar-refractivity contribution in [2.75, 3.05) is 37.5 Å². The van der Waals surface area contributed by atoms with E-state index in [1.165, 1.54) is 26.2 Å². The highest BCUT2D eigenvalue weighted by atomic mass is 19.1. The van der Waals surface area contributed by atoms with E-state index in [4.69, 9.17) is 9.47 Å². The van der Waals surface area contributed by atoms with E-state index in [1.54, 1.807) is 37.4 Å². The number of carbonyl (C=O) groups is 1. The second-order valence-electron chi connectivity index (χ2n) is 8.27. The molecule has 182 valence electrons. The monoisotopic (exact) mass is 473 g/mol. The van der Waals surface area contributed by atoms with Crippen molar-refractivity contribution >= 4 is 34.1 Å². The Bertz CT molecular complexity index is 1100. The predicted octanol–water partition coefficient (Wildman–Crippen LogP) is 5.19. The molecule has 0 spiro atoms. The van der Waals surface area contributed by atoms with E-state index in [0.717, 1.165) is 0 Å². The van der Waals surface area contributed by atoms with E-state index >= 15 is 0 Å². The first kappa shape index (κ1) is 25.1. The SMILES string of the molecule is COCCCOc1cc(F)c2c(Nc3ccc(NC(=O)NCCC(C)(C)F)cc3)ncnc2c1. The Hall–Kier alpha value is -3.53. The van der Waals surface area contributed by atoms with Gasteiger partial charge in [-0.05, 0) is 44.5 Å². The molecule has 10 heteroatoms. The first-order valence-electron chi connectivity index (χ1n) is 10.9. The third-order valence-electron chi connectivity index (χ3n) is 4.84. The Kier molecular flexibility index (Phi) is 8.53. The molecule has 0 atom stereocenters. The van der Waals surface area contributed by atoms with Gasteiger partial charge in [0.1, 0.15) is 29.4 Å². The largest absolute Gasteiger partial charge is 0.493 e. The molecular formula is C24H29F2N5O3. The number of amides is 2. The molecule has 0 saturated heterocycles. The van der Waals surface area contributed by atoms with E-state index in [-0.39, 0.29) is 18.4 Å². The van der Waals surface area contributed by atoms with Crippen LogP contribution in [0.25, 0.3) is 10.9 Å². The highest BCUT2D eigenvalue weighted by Gasteiger charge is 2.15. The van der Waals surface area contributed by atoms with Crippen LogP contribution in [0, 0.1) is 5.82 Å². The number of nitrogens with zero attached hydrogens (tertiary/aromatic N) is 2. The second kappa shape index (κ2) is 11.6. The molecule has 0 aliphatic carbocycles. The maximum Gasteiger partial charge on any atom is 0.319 e. The van der Waals surface area contributed by atoms with Gasteiger partial charge in [-0.25, -0.2) is 23.5 Å². The molecule has 1 heterocycles. The quantitative estimate of drug-likeness (QED) is 0.332. The van der Waals surface area contributed by atoms with Crippen LogP contribution in [0.1, 0.15) is 26.7 Å². The zero-order valence-corrected chi connectivity index (χ0v) is 19.5. The summed E-state index contributed by atoms with van der Waals surface area (Å²) in [5, 5.41) is 8.61. The standard InChI is InChI=1S/C24H29F2N5O3/c1-24(2,26)9-10-27-23(32)31-17-7-5-16(6-8-17)30-22-21-19(25)13-18(34-12-4-11-33-3)14-20(21)28-15-29-22/h5-8,13-15H,4,9-12H2,1-3H3,(H2,27,31,32)(H,28,29,30). The fourth-order valence-corrected chi connectivity index (χ4v) is 3.11. The molecule has 0 unspecified atom stereocenters. The van der Waals surface area contributed by atoms with E-state index in [1.807, 2.05) is 0 Å². The minimum Gasteiger partial charge on any atom is -0.493 e. The van der Waals surface area contributed by atoms with Crippen molar-refractivity contribution in [3.05, 3.63) is 48.5 Å². The number of benzene rings is 2. The Morgan fingerprint density at radius 1 is 1.09 bits per heavy atom. The first-order chi connectivity index (χ1) is 16.2. The number of hydrogen-bond acceptors (Lipinski definition) is 6. The van der Waals surface area contributed by atoms with Crippen molar-refractivity contribution < 1.29 is 23.0 Å². The summed E-state index contributed by atoms with van der Waals surface area (Å²) in [4.78, 5) is 20.3. The van der Waals surface area contributed by atoms with Crippen molar-refractivity contribution in [1.29, 1.82) is 0 Å². The summed E-state index contributed by atoms with van der Waals surface area (Å²) >= 11 is 0. The summed E-state index contributed by atoms with van der Waals surface area (Å²) in [5.74, 6) is 0.184. The van der Waals surface area contributed by atoms with Gasteiger partial charge in [-0.15, -0.1) is 0 Å². The van der Waals surface area contributed by atoms with Crippen molar-refractivity contribution in [3.63, 3.8) is 0 Å². The van der Waals surface area contributed by atoms with Gasteiger partial charge in [0.15, 0.2) is 0 Å². The maximum atomic E-state index is 14.9. The zero-order valence-electron chi connectivity index (χ0n) is 19.5. The van der Waals surface area contributed by atoms with E-state index in [2.05, 4.69) is 25.9 Å². The summed E-state index contributed by atoms with van der Waals surface area (Å²) in [6, 6.07) is 9.36. The minimum absolute atomic E-state index is 0.216. The number of aromatic nitrogens is 2. The number of anilines is 3. The Morgan fingerprint density at radius 3 is 2.53 bits per heavy atom. The fourth-order valence-electron chi connectivity index (χ4n) is 3.11. The molecule has 0 fully saturated rings. The third-order valence-corrected chi connectivity index (χ3v) is 4.84. The predicted molar refractivity (Wildman–Crippen MR) is 128 cm³/mol. The minimum atomic E-state index is -1.34. The molecule has 3 N–H and O–H groups in total. The lowest BCUT2D eigenvalue weighted by molar-refractivity contribution is 0.172. The van der Waals surface area contributed by atoms with Gasteiger partial charge in [0.05, 0.1) is 17.5 Å². The smallest absolute Gasteiger partial charge is 0.319 e. The normalized spacial score (nSPS) is 11.3. The van der Waals surface area contributed by atoms with Gasteiger partial charge in [0, 0.05) is 50.2 Å². The van der Waals surface area contributed by atoms with Crippen LogP contribution in [0.15, 0.2) is 42.7 Å². The summed E-state index contributed by atoms with van der Waals surface area (Å²) < 4.78 is 38.9. The number of halogens is 2. The van der Waals surface area contributed by atoms with Gasteiger partial charge in [0.25, 0.3) is 0 Å².